The van der Waals surface area contributed by atoms with Crippen molar-refractivity contribution in [3.8, 4) is 11.5 Å². The van der Waals surface area contributed by atoms with Crippen molar-refractivity contribution in [3.63, 3.8) is 0 Å². The minimum Gasteiger partial charge on any atom is -0.486 e. The number of rotatable bonds is 7. The quantitative estimate of drug-likeness (QED) is 0.553. The lowest BCUT2D eigenvalue weighted by Crippen LogP contribution is -2.16. The van der Waals surface area contributed by atoms with Crippen LogP contribution >= 0.6 is 12.4 Å². The van der Waals surface area contributed by atoms with Crippen molar-refractivity contribution in [2.45, 2.75) is 39.0 Å². The molecular weight excluding hydrogens is 424 g/mol. The Balaban J connectivity index is 0.00000363. The number of carbonyl (C=O) groups excluding carboxylic acids is 1. The molecule has 6 heteroatoms. The standard InChI is InChI=1S/C26H34N2O3.ClH/c1-26(2,3)21-10-8-19(9-11-21)20(7-6-14-28(4)5)17-25(29)27-22-12-13-23-24(18-22)31-16-15-30-23;/h8-13,17-18H,6-7,14-16H2,1-5H3,(H,27,29);1H/b20-17+;. The third-order valence-electron chi connectivity index (χ3n) is 5.29. The second-order valence-corrected chi connectivity index (χ2v) is 9.25. The lowest BCUT2D eigenvalue weighted by Gasteiger charge is -2.20. The Hall–Kier alpha value is -2.50. The predicted molar refractivity (Wildman–Crippen MR) is 134 cm³/mol. The molecule has 174 valence electrons. The summed E-state index contributed by atoms with van der Waals surface area (Å²) in [5, 5.41) is 2.97. The van der Waals surface area contributed by atoms with Crippen LogP contribution in [0.1, 0.15) is 44.7 Å². The second-order valence-electron chi connectivity index (χ2n) is 9.25. The van der Waals surface area contributed by atoms with E-state index in [0.29, 0.717) is 30.4 Å². The van der Waals surface area contributed by atoms with Crippen LogP contribution in [-0.4, -0.2) is 44.7 Å². The maximum Gasteiger partial charge on any atom is 0.248 e. The van der Waals surface area contributed by atoms with Crippen molar-refractivity contribution in [3.05, 3.63) is 59.7 Å². The molecule has 0 unspecified atom stereocenters. The normalized spacial score (nSPS) is 13.5. The van der Waals surface area contributed by atoms with Crippen LogP contribution in [-0.2, 0) is 10.2 Å². The molecule has 1 aliphatic heterocycles. The Morgan fingerprint density at radius 3 is 2.31 bits per heavy atom. The van der Waals surface area contributed by atoms with E-state index in [-0.39, 0.29) is 23.7 Å². The monoisotopic (exact) mass is 458 g/mol. The third kappa shape index (κ3) is 7.28. The number of allylic oxidation sites excluding steroid dienone is 1. The van der Waals surface area contributed by atoms with Crippen LogP contribution < -0.4 is 14.8 Å². The van der Waals surface area contributed by atoms with E-state index >= 15 is 0 Å². The molecule has 2 aromatic carbocycles. The van der Waals surface area contributed by atoms with E-state index in [9.17, 15) is 4.79 Å². The number of hydrogen-bond donors (Lipinski definition) is 1. The molecule has 1 heterocycles. The van der Waals surface area contributed by atoms with Gasteiger partial charge >= 0.3 is 0 Å². The summed E-state index contributed by atoms with van der Waals surface area (Å²) in [7, 11) is 4.13. The summed E-state index contributed by atoms with van der Waals surface area (Å²) in [6.07, 6.45) is 3.54. The average molecular weight is 459 g/mol. The lowest BCUT2D eigenvalue weighted by molar-refractivity contribution is -0.111. The van der Waals surface area contributed by atoms with Gasteiger partial charge < -0.3 is 19.7 Å². The number of nitrogens with one attached hydrogen (secondary N) is 1. The number of anilines is 1. The van der Waals surface area contributed by atoms with Gasteiger partial charge in [-0.3, -0.25) is 4.79 Å². The van der Waals surface area contributed by atoms with E-state index in [0.717, 1.165) is 30.5 Å². The topological polar surface area (TPSA) is 50.8 Å². The Morgan fingerprint density at radius 2 is 1.69 bits per heavy atom. The zero-order valence-electron chi connectivity index (χ0n) is 19.7. The molecule has 0 atom stereocenters. The van der Waals surface area contributed by atoms with E-state index < -0.39 is 0 Å². The first-order valence-electron chi connectivity index (χ1n) is 10.9. The molecule has 0 saturated carbocycles. The van der Waals surface area contributed by atoms with Crippen LogP contribution in [0.2, 0.25) is 0 Å². The van der Waals surface area contributed by atoms with Crippen LogP contribution in [0.4, 0.5) is 5.69 Å². The van der Waals surface area contributed by atoms with Crippen LogP contribution in [0.15, 0.2) is 48.5 Å². The molecule has 0 aromatic heterocycles. The molecule has 0 spiro atoms. The highest BCUT2D eigenvalue weighted by atomic mass is 35.5. The third-order valence-corrected chi connectivity index (χ3v) is 5.29. The number of hydrogen-bond acceptors (Lipinski definition) is 4. The molecule has 0 fully saturated rings. The summed E-state index contributed by atoms with van der Waals surface area (Å²) in [5.41, 5.74) is 4.20. The van der Waals surface area contributed by atoms with Gasteiger partial charge in [0.25, 0.3) is 0 Å². The maximum atomic E-state index is 12.8. The van der Waals surface area contributed by atoms with Gasteiger partial charge in [-0.2, -0.15) is 0 Å². The first-order chi connectivity index (χ1) is 14.7. The number of benzene rings is 2. The molecule has 0 radical (unpaired) electrons. The van der Waals surface area contributed by atoms with Gasteiger partial charge in [-0.05, 0) is 67.7 Å². The summed E-state index contributed by atoms with van der Waals surface area (Å²) in [6.45, 7) is 8.65. The molecule has 5 nitrogen and oxygen atoms in total. The van der Waals surface area contributed by atoms with Crippen molar-refractivity contribution in [1.82, 2.24) is 4.90 Å². The van der Waals surface area contributed by atoms with Gasteiger partial charge in [0.2, 0.25) is 5.91 Å². The number of carbonyl (C=O) groups is 1. The summed E-state index contributed by atoms with van der Waals surface area (Å²) in [4.78, 5) is 15.0. The van der Waals surface area contributed by atoms with Crippen molar-refractivity contribution < 1.29 is 14.3 Å². The molecule has 0 saturated heterocycles. The first kappa shape index (κ1) is 25.8. The van der Waals surface area contributed by atoms with E-state index in [4.69, 9.17) is 9.47 Å². The lowest BCUT2D eigenvalue weighted by atomic mass is 9.86. The molecule has 1 N–H and O–H groups in total. The molecule has 32 heavy (non-hydrogen) atoms. The Labute approximate surface area is 198 Å². The van der Waals surface area contributed by atoms with E-state index in [1.54, 1.807) is 6.08 Å². The smallest absolute Gasteiger partial charge is 0.248 e. The van der Waals surface area contributed by atoms with E-state index in [2.05, 4.69) is 69.3 Å². The molecule has 3 rings (SSSR count). The molecule has 0 bridgehead atoms. The number of fused-ring (bicyclic) bond motifs is 1. The van der Waals surface area contributed by atoms with Gasteiger partial charge in [-0.1, -0.05) is 45.0 Å². The van der Waals surface area contributed by atoms with Gasteiger partial charge in [0.05, 0.1) is 0 Å². The Bertz CT molecular complexity index is 931. The molecular formula is C26H35ClN2O3. The summed E-state index contributed by atoms with van der Waals surface area (Å²) in [5.74, 6) is 1.23. The first-order valence-corrected chi connectivity index (χ1v) is 10.9. The largest absolute Gasteiger partial charge is 0.486 e. The van der Waals surface area contributed by atoms with Crippen molar-refractivity contribution in [2.24, 2.45) is 0 Å². The predicted octanol–water partition coefficient (Wildman–Crippen LogP) is 5.54. The van der Waals surface area contributed by atoms with Crippen LogP contribution in [0.5, 0.6) is 11.5 Å². The zero-order chi connectivity index (χ0) is 22.4. The second kappa shape index (κ2) is 11.4. The van der Waals surface area contributed by atoms with Crippen molar-refractivity contribution in [2.75, 3.05) is 39.2 Å². The Morgan fingerprint density at radius 1 is 1.03 bits per heavy atom. The van der Waals surface area contributed by atoms with E-state index in [1.807, 2.05) is 18.2 Å². The van der Waals surface area contributed by atoms with E-state index in [1.165, 1.54) is 5.56 Å². The molecule has 1 amide bonds. The fraction of sp³-hybridized carbons (Fsp3) is 0.423. The van der Waals surface area contributed by atoms with Gasteiger partial charge in [0, 0.05) is 17.8 Å². The molecule has 2 aromatic rings. The van der Waals surface area contributed by atoms with Crippen molar-refractivity contribution >= 4 is 29.6 Å². The molecule has 1 aliphatic rings. The van der Waals surface area contributed by atoms with Gasteiger partial charge in [0.1, 0.15) is 13.2 Å². The maximum absolute atomic E-state index is 12.8. The highest BCUT2D eigenvalue weighted by Crippen LogP contribution is 2.33. The summed E-state index contributed by atoms with van der Waals surface area (Å²) >= 11 is 0. The molecule has 0 aliphatic carbocycles. The van der Waals surface area contributed by atoms with Gasteiger partial charge in [0.15, 0.2) is 11.5 Å². The SMILES string of the molecule is CN(C)CCC/C(=C\C(=O)Nc1ccc2c(c1)OCCO2)c1ccc(C(C)(C)C)cc1.Cl. The van der Waals surface area contributed by atoms with Crippen LogP contribution in [0, 0.1) is 0 Å². The average Bonchev–Trinajstić information content (AvgIpc) is 2.72. The zero-order valence-corrected chi connectivity index (χ0v) is 20.6. The summed E-state index contributed by atoms with van der Waals surface area (Å²) in [6, 6.07) is 14.0. The summed E-state index contributed by atoms with van der Waals surface area (Å²) < 4.78 is 11.2. The number of amides is 1. The Kier molecular flexibility index (Phi) is 9.17. The fourth-order valence-electron chi connectivity index (χ4n) is 3.53. The highest BCUT2D eigenvalue weighted by Gasteiger charge is 2.15. The number of halogens is 1. The fourth-order valence-corrected chi connectivity index (χ4v) is 3.53. The highest BCUT2D eigenvalue weighted by molar-refractivity contribution is 6.04. The number of nitrogens with zero attached hydrogens (tertiary/aromatic N) is 1. The van der Waals surface area contributed by atoms with Gasteiger partial charge in [-0.15, -0.1) is 12.4 Å². The van der Waals surface area contributed by atoms with Gasteiger partial charge in [-0.25, -0.2) is 0 Å². The minimum absolute atomic E-state index is 0. The minimum atomic E-state index is -0.142. The number of ether oxygens (including phenoxy) is 2. The van der Waals surface area contributed by atoms with Crippen LogP contribution in [0.3, 0.4) is 0 Å². The van der Waals surface area contributed by atoms with Crippen LogP contribution in [0.25, 0.3) is 5.57 Å². The van der Waals surface area contributed by atoms with Crippen molar-refractivity contribution in [1.29, 1.82) is 0 Å².